The van der Waals surface area contributed by atoms with E-state index >= 15 is 0 Å². The molecule has 28 heavy (non-hydrogen) atoms. The second-order valence-electron chi connectivity index (χ2n) is 7.42. The van der Waals surface area contributed by atoms with Crippen molar-refractivity contribution in [3.05, 3.63) is 17.5 Å². The predicted octanol–water partition coefficient (Wildman–Crippen LogP) is 1.21. The lowest BCUT2D eigenvalue weighted by molar-refractivity contribution is 0.0657. The Bertz CT molecular complexity index is 697. The van der Waals surface area contributed by atoms with Gasteiger partial charge in [0.15, 0.2) is 0 Å². The van der Waals surface area contributed by atoms with Gasteiger partial charge >= 0.3 is 6.09 Å². The highest BCUT2D eigenvalue weighted by molar-refractivity contribution is 5.92. The van der Waals surface area contributed by atoms with Crippen LogP contribution < -0.4 is 5.32 Å². The zero-order valence-corrected chi connectivity index (χ0v) is 17.0. The average molecular weight is 390 g/mol. The van der Waals surface area contributed by atoms with Crippen LogP contribution in [0, 0.1) is 6.92 Å². The van der Waals surface area contributed by atoms with E-state index in [0.29, 0.717) is 44.4 Å². The summed E-state index contributed by atoms with van der Waals surface area (Å²) in [6.07, 6.45) is 1.32. The van der Waals surface area contributed by atoms with E-state index in [9.17, 15) is 9.59 Å². The third-order valence-corrected chi connectivity index (χ3v) is 5.22. The summed E-state index contributed by atoms with van der Waals surface area (Å²) in [5.74, 6) is 0.436. The summed E-state index contributed by atoms with van der Waals surface area (Å²) in [4.78, 5) is 39.3. The molecule has 0 saturated carbocycles. The number of carbonyl (C=O) groups is 2. The fourth-order valence-electron chi connectivity index (χ4n) is 3.52. The number of piperazine rings is 1. The van der Waals surface area contributed by atoms with Crippen LogP contribution in [0.1, 0.15) is 35.9 Å². The molecule has 154 valence electrons. The Hall–Kier alpha value is -2.42. The number of nitrogens with one attached hydrogen (secondary N) is 1. The number of carbonyl (C=O) groups excluding carboxylic acids is 2. The SMILES string of the molecule is CCOC(=O)N1CCC(Nc2nc(C)cc(C(=O)N3CCN(C)CC3)n2)CC1. The van der Waals surface area contributed by atoms with Crippen molar-refractivity contribution in [2.75, 3.05) is 58.2 Å². The molecule has 0 bridgehead atoms. The van der Waals surface area contributed by atoms with Crippen LogP contribution in [0.15, 0.2) is 6.07 Å². The smallest absolute Gasteiger partial charge is 0.409 e. The van der Waals surface area contributed by atoms with Gasteiger partial charge in [0.1, 0.15) is 5.69 Å². The third-order valence-electron chi connectivity index (χ3n) is 5.22. The van der Waals surface area contributed by atoms with E-state index in [-0.39, 0.29) is 18.0 Å². The molecular weight excluding hydrogens is 360 g/mol. The molecule has 2 aliphatic rings. The second kappa shape index (κ2) is 9.18. The number of amides is 2. The van der Waals surface area contributed by atoms with Gasteiger partial charge < -0.3 is 24.8 Å². The Morgan fingerprint density at radius 2 is 1.79 bits per heavy atom. The van der Waals surface area contributed by atoms with E-state index in [4.69, 9.17) is 4.74 Å². The summed E-state index contributed by atoms with van der Waals surface area (Å²) in [7, 11) is 2.06. The lowest BCUT2D eigenvalue weighted by Crippen LogP contribution is -2.47. The maximum Gasteiger partial charge on any atom is 0.409 e. The van der Waals surface area contributed by atoms with Gasteiger partial charge in [-0.1, -0.05) is 0 Å². The highest BCUT2D eigenvalue weighted by atomic mass is 16.6. The number of nitrogens with zero attached hydrogens (tertiary/aromatic N) is 5. The molecule has 2 fully saturated rings. The lowest BCUT2D eigenvalue weighted by atomic mass is 10.1. The van der Waals surface area contributed by atoms with Gasteiger partial charge in [-0.05, 0) is 39.8 Å². The Morgan fingerprint density at radius 3 is 2.43 bits per heavy atom. The number of aromatic nitrogens is 2. The van der Waals surface area contributed by atoms with Gasteiger partial charge in [-0.25, -0.2) is 14.8 Å². The van der Waals surface area contributed by atoms with Gasteiger partial charge in [0, 0.05) is 51.0 Å². The predicted molar refractivity (Wildman–Crippen MR) is 105 cm³/mol. The Balaban J connectivity index is 1.59. The van der Waals surface area contributed by atoms with Gasteiger partial charge in [0.05, 0.1) is 6.61 Å². The van der Waals surface area contributed by atoms with Crippen LogP contribution in [0.3, 0.4) is 0 Å². The largest absolute Gasteiger partial charge is 0.450 e. The molecule has 0 spiro atoms. The molecule has 1 N–H and O–H groups in total. The normalized spacial score (nSPS) is 18.8. The van der Waals surface area contributed by atoms with Crippen LogP contribution >= 0.6 is 0 Å². The third kappa shape index (κ3) is 5.09. The zero-order valence-electron chi connectivity index (χ0n) is 17.0. The maximum absolute atomic E-state index is 12.8. The first-order valence-corrected chi connectivity index (χ1v) is 9.98. The number of hydrogen-bond donors (Lipinski definition) is 1. The fraction of sp³-hybridized carbons (Fsp3) is 0.684. The second-order valence-corrected chi connectivity index (χ2v) is 7.42. The van der Waals surface area contributed by atoms with E-state index in [1.54, 1.807) is 11.0 Å². The van der Waals surface area contributed by atoms with Gasteiger partial charge in [0.2, 0.25) is 5.95 Å². The molecule has 2 saturated heterocycles. The van der Waals surface area contributed by atoms with E-state index in [1.807, 2.05) is 18.7 Å². The standard InChI is InChI=1S/C19H30N6O3/c1-4-28-19(27)25-7-5-15(6-8-25)21-18-20-14(2)13-16(22-18)17(26)24-11-9-23(3)10-12-24/h13,15H,4-12H2,1-3H3,(H,20,21,22). The first kappa shape index (κ1) is 20.3. The molecule has 9 nitrogen and oxygen atoms in total. The van der Waals surface area contributed by atoms with Crippen LogP contribution in [-0.2, 0) is 4.74 Å². The molecule has 0 unspecified atom stereocenters. The molecule has 9 heteroatoms. The zero-order chi connectivity index (χ0) is 20.1. The highest BCUT2D eigenvalue weighted by Gasteiger charge is 2.25. The molecule has 3 heterocycles. The lowest BCUT2D eigenvalue weighted by Gasteiger charge is -2.32. The molecule has 0 atom stereocenters. The molecular formula is C19H30N6O3. The highest BCUT2D eigenvalue weighted by Crippen LogP contribution is 2.16. The van der Waals surface area contributed by atoms with Crippen LogP contribution in [0.2, 0.25) is 0 Å². The van der Waals surface area contributed by atoms with Crippen molar-refractivity contribution < 1.29 is 14.3 Å². The van der Waals surface area contributed by atoms with Gasteiger partial charge in [0.25, 0.3) is 5.91 Å². The van der Waals surface area contributed by atoms with Crippen molar-refractivity contribution in [3.63, 3.8) is 0 Å². The number of likely N-dealkylation sites (N-methyl/N-ethyl adjacent to an activating group) is 1. The van der Waals surface area contributed by atoms with E-state index in [1.165, 1.54) is 0 Å². The number of rotatable bonds is 4. The van der Waals surface area contributed by atoms with Crippen molar-refractivity contribution in [1.29, 1.82) is 0 Å². The summed E-state index contributed by atoms with van der Waals surface area (Å²) in [5.41, 5.74) is 1.20. The van der Waals surface area contributed by atoms with E-state index in [0.717, 1.165) is 31.6 Å². The van der Waals surface area contributed by atoms with Gasteiger partial charge in [-0.15, -0.1) is 0 Å². The fourth-order valence-corrected chi connectivity index (χ4v) is 3.52. The van der Waals surface area contributed by atoms with Crippen molar-refractivity contribution in [2.45, 2.75) is 32.7 Å². The number of aryl methyl sites for hydroxylation is 1. The van der Waals surface area contributed by atoms with Crippen LogP contribution in [0.4, 0.5) is 10.7 Å². The number of likely N-dealkylation sites (tertiary alicyclic amines) is 1. The Morgan fingerprint density at radius 1 is 1.11 bits per heavy atom. The van der Waals surface area contributed by atoms with Crippen molar-refractivity contribution in [1.82, 2.24) is 24.7 Å². The maximum atomic E-state index is 12.8. The quantitative estimate of drug-likeness (QED) is 0.826. The summed E-state index contributed by atoms with van der Waals surface area (Å²) >= 11 is 0. The number of hydrogen-bond acceptors (Lipinski definition) is 7. The topological polar surface area (TPSA) is 90.9 Å². The van der Waals surface area contributed by atoms with E-state index < -0.39 is 0 Å². The molecule has 0 radical (unpaired) electrons. The van der Waals surface area contributed by atoms with Crippen molar-refractivity contribution in [2.24, 2.45) is 0 Å². The Labute approximate surface area is 166 Å². The Kier molecular flexibility index (Phi) is 6.66. The summed E-state index contributed by atoms with van der Waals surface area (Å²) in [6, 6.07) is 1.91. The molecule has 1 aromatic heterocycles. The minimum atomic E-state index is -0.257. The van der Waals surface area contributed by atoms with Crippen LogP contribution in [0.5, 0.6) is 0 Å². The number of anilines is 1. The minimum absolute atomic E-state index is 0.0428. The van der Waals surface area contributed by atoms with Gasteiger partial charge in [-0.2, -0.15) is 0 Å². The summed E-state index contributed by atoms with van der Waals surface area (Å²) in [6.45, 7) is 8.52. The van der Waals surface area contributed by atoms with Crippen LogP contribution in [-0.4, -0.2) is 95.6 Å². The van der Waals surface area contributed by atoms with E-state index in [2.05, 4.69) is 27.2 Å². The first-order chi connectivity index (χ1) is 13.5. The summed E-state index contributed by atoms with van der Waals surface area (Å²) in [5, 5.41) is 3.34. The summed E-state index contributed by atoms with van der Waals surface area (Å²) < 4.78 is 5.05. The first-order valence-electron chi connectivity index (χ1n) is 9.98. The molecule has 3 rings (SSSR count). The molecule has 1 aromatic rings. The van der Waals surface area contributed by atoms with Crippen molar-refractivity contribution in [3.8, 4) is 0 Å². The number of piperidine rings is 1. The average Bonchev–Trinajstić information content (AvgIpc) is 2.68. The molecule has 2 aliphatic heterocycles. The van der Waals surface area contributed by atoms with Crippen molar-refractivity contribution >= 4 is 17.9 Å². The molecule has 0 aliphatic carbocycles. The molecule has 2 amide bonds. The molecule has 0 aromatic carbocycles. The minimum Gasteiger partial charge on any atom is -0.450 e. The monoisotopic (exact) mass is 390 g/mol. The van der Waals surface area contributed by atoms with Crippen LogP contribution in [0.25, 0.3) is 0 Å². The number of ether oxygens (including phenoxy) is 1. The van der Waals surface area contributed by atoms with Gasteiger partial charge in [-0.3, -0.25) is 4.79 Å².